The van der Waals surface area contributed by atoms with Crippen molar-refractivity contribution in [3.63, 3.8) is 0 Å². The number of nitrogens with zero attached hydrogens (tertiary/aromatic N) is 5. The Morgan fingerprint density at radius 1 is 1.07 bits per heavy atom. The number of hydrogen-bond acceptors (Lipinski definition) is 8. The van der Waals surface area contributed by atoms with Crippen molar-refractivity contribution in [2.75, 3.05) is 42.3 Å². The van der Waals surface area contributed by atoms with Crippen molar-refractivity contribution in [1.82, 2.24) is 25.1 Å². The third-order valence-electron chi connectivity index (χ3n) is 4.83. The van der Waals surface area contributed by atoms with E-state index < -0.39 is 0 Å². The van der Waals surface area contributed by atoms with Gasteiger partial charge in [-0.3, -0.25) is 5.10 Å². The van der Waals surface area contributed by atoms with Crippen LogP contribution in [0.3, 0.4) is 0 Å². The minimum absolute atomic E-state index is 0.473. The number of nitrogens with two attached hydrogens (primary N) is 1. The van der Waals surface area contributed by atoms with E-state index in [0.717, 1.165) is 40.9 Å². The summed E-state index contributed by atoms with van der Waals surface area (Å²) >= 11 is 0. The molecule has 0 amide bonds. The van der Waals surface area contributed by atoms with Gasteiger partial charge in [-0.1, -0.05) is 12.1 Å². The molecule has 3 aromatic heterocycles. The Morgan fingerprint density at radius 3 is 2.79 bits per heavy atom. The number of benzene rings is 1. The van der Waals surface area contributed by atoms with E-state index in [2.05, 4.69) is 25.4 Å². The topological polar surface area (TPSA) is 118 Å². The van der Waals surface area contributed by atoms with Gasteiger partial charge in [0.25, 0.3) is 0 Å². The average Bonchev–Trinajstić information content (AvgIpc) is 3.25. The first-order valence-electron chi connectivity index (χ1n) is 9.39. The molecule has 0 unspecified atom stereocenters. The average molecular weight is 388 g/mol. The van der Waals surface area contributed by atoms with E-state index in [9.17, 15) is 0 Å². The van der Waals surface area contributed by atoms with Gasteiger partial charge in [0.15, 0.2) is 0 Å². The van der Waals surface area contributed by atoms with Crippen LogP contribution in [0, 0.1) is 0 Å². The lowest BCUT2D eigenvalue weighted by molar-refractivity contribution is 0.122. The van der Waals surface area contributed by atoms with Gasteiger partial charge < -0.3 is 20.7 Å². The Hall–Kier alpha value is -3.72. The maximum atomic E-state index is 5.74. The normalized spacial score (nSPS) is 14.3. The van der Waals surface area contributed by atoms with Crippen LogP contribution in [0.15, 0.2) is 48.8 Å². The highest BCUT2D eigenvalue weighted by molar-refractivity contribution is 5.91. The van der Waals surface area contributed by atoms with Crippen LogP contribution in [0.5, 0.6) is 0 Å². The number of rotatable bonds is 4. The second-order valence-electron chi connectivity index (χ2n) is 6.77. The summed E-state index contributed by atoms with van der Waals surface area (Å²) in [6, 6.07) is 11.6. The van der Waals surface area contributed by atoms with Gasteiger partial charge in [-0.05, 0) is 18.2 Å². The van der Waals surface area contributed by atoms with Gasteiger partial charge in [0, 0.05) is 36.3 Å². The van der Waals surface area contributed by atoms with Crippen molar-refractivity contribution in [3.8, 4) is 11.3 Å². The summed E-state index contributed by atoms with van der Waals surface area (Å²) in [7, 11) is 0. The number of fused-ring (bicyclic) bond motifs is 1. The Labute approximate surface area is 167 Å². The highest BCUT2D eigenvalue weighted by atomic mass is 16.5. The summed E-state index contributed by atoms with van der Waals surface area (Å²) < 4.78 is 5.47. The maximum Gasteiger partial charge on any atom is 0.228 e. The molecule has 0 radical (unpaired) electrons. The van der Waals surface area contributed by atoms with Gasteiger partial charge in [0.1, 0.15) is 11.6 Å². The molecule has 4 N–H and O–H groups in total. The molecule has 0 spiro atoms. The summed E-state index contributed by atoms with van der Waals surface area (Å²) in [6.45, 7) is 2.82. The lowest BCUT2D eigenvalue weighted by Gasteiger charge is -2.27. The molecular weight excluding hydrogens is 368 g/mol. The quantitative estimate of drug-likeness (QED) is 0.488. The van der Waals surface area contributed by atoms with Crippen molar-refractivity contribution >= 4 is 34.2 Å². The second kappa shape index (κ2) is 7.36. The van der Waals surface area contributed by atoms with Crippen LogP contribution in [-0.4, -0.2) is 51.5 Å². The van der Waals surface area contributed by atoms with Crippen LogP contribution in [0.4, 0.5) is 23.3 Å². The summed E-state index contributed by atoms with van der Waals surface area (Å²) in [4.78, 5) is 15.8. The monoisotopic (exact) mass is 388 g/mol. The first-order chi connectivity index (χ1) is 14.3. The molecule has 9 heteroatoms. The molecule has 4 aromatic rings. The van der Waals surface area contributed by atoms with E-state index in [1.807, 2.05) is 30.3 Å². The number of nitrogen functional groups attached to an aromatic ring is 1. The zero-order chi connectivity index (χ0) is 19.6. The smallest absolute Gasteiger partial charge is 0.228 e. The predicted octanol–water partition coefficient (Wildman–Crippen LogP) is 2.58. The molecule has 9 nitrogen and oxygen atoms in total. The third-order valence-corrected chi connectivity index (χ3v) is 4.83. The Morgan fingerprint density at radius 2 is 1.97 bits per heavy atom. The number of pyridine rings is 1. The minimum atomic E-state index is 0.473. The SMILES string of the molecule is Nc1ccc(-c2cc(Nc3cccc4cn[nH]c34)nc(N3CCOCC3)n2)cn1. The standard InChI is InChI=1S/C20H20N8O/c21-17-5-4-13(11-22-17)16-10-18(26-20(25-16)28-6-8-29-9-7-28)24-15-3-1-2-14-12-23-27-19(14)15/h1-5,10-12H,6-9H2,(H2,21,22)(H,23,27)(H,24,25,26). The summed E-state index contributed by atoms with van der Waals surface area (Å²) in [5.74, 6) is 1.82. The van der Waals surface area contributed by atoms with Gasteiger partial charge in [0.2, 0.25) is 5.95 Å². The largest absolute Gasteiger partial charge is 0.384 e. The van der Waals surface area contributed by atoms with Crippen LogP contribution in [0.2, 0.25) is 0 Å². The number of nitrogens with one attached hydrogen (secondary N) is 2. The Balaban J connectivity index is 1.57. The molecule has 0 aliphatic carbocycles. The fourth-order valence-electron chi connectivity index (χ4n) is 3.32. The summed E-state index contributed by atoms with van der Waals surface area (Å²) in [5.41, 5.74) is 9.21. The van der Waals surface area contributed by atoms with Crippen molar-refractivity contribution in [2.45, 2.75) is 0 Å². The van der Waals surface area contributed by atoms with Gasteiger partial charge >= 0.3 is 0 Å². The van der Waals surface area contributed by atoms with Crippen molar-refractivity contribution in [1.29, 1.82) is 0 Å². The number of para-hydroxylation sites is 1. The first-order valence-corrected chi connectivity index (χ1v) is 9.39. The van der Waals surface area contributed by atoms with E-state index in [0.29, 0.717) is 30.8 Å². The zero-order valence-corrected chi connectivity index (χ0v) is 15.7. The Kier molecular flexibility index (Phi) is 4.41. The van der Waals surface area contributed by atoms with Crippen LogP contribution in [0.25, 0.3) is 22.2 Å². The van der Waals surface area contributed by atoms with Gasteiger partial charge in [-0.25, -0.2) is 9.97 Å². The van der Waals surface area contributed by atoms with E-state index in [1.165, 1.54) is 0 Å². The number of anilines is 4. The number of morpholine rings is 1. The molecule has 1 aliphatic rings. The zero-order valence-electron chi connectivity index (χ0n) is 15.7. The second-order valence-corrected chi connectivity index (χ2v) is 6.77. The summed E-state index contributed by atoms with van der Waals surface area (Å²) in [6.07, 6.45) is 3.52. The molecule has 1 saturated heterocycles. The van der Waals surface area contributed by atoms with E-state index in [-0.39, 0.29) is 0 Å². The molecule has 0 bridgehead atoms. The molecule has 1 fully saturated rings. The maximum absolute atomic E-state index is 5.74. The lowest BCUT2D eigenvalue weighted by Crippen LogP contribution is -2.37. The van der Waals surface area contributed by atoms with Crippen LogP contribution >= 0.6 is 0 Å². The Bertz CT molecular complexity index is 1130. The molecule has 4 heterocycles. The molecule has 29 heavy (non-hydrogen) atoms. The molecule has 0 atom stereocenters. The van der Waals surface area contributed by atoms with Crippen LogP contribution in [-0.2, 0) is 4.74 Å². The minimum Gasteiger partial charge on any atom is -0.384 e. The van der Waals surface area contributed by atoms with Crippen molar-refractivity contribution in [3.05, 3.63) is 48.8 Å². The van der Waals surface area contributed by atoms with Gasteiger partial charge in [0.05, 0.1) is 36.3 Å². The van der Waals surface area contributed by atoms with E-state index in [1.54, 1.807) is 18.5 Å². The van der Waals surface area contributed by atoms with Crippen molar-refractivity contribution < 1.29 is 4.74 Å². The molecule has 146 valence electrons. The van der Waals surface area contributed by atoms with E-state index in [4.69, 9.17) is 20.4 Å². The van der Waals surface area contributed by atoms with Crippen molar-refractivity contribution in [2.24, 2.45) is 0 Å². The number of H-pyrrole nitrogens is 1. The molecule has 1 aromatic carbocycles. The van der Waals surface area contributed by atoms with Gasteiger partial charge in [-0.2, -0.15) is 10.1 Å². The van der Waals surface area contributed by atoms with Crippen LogP contribution in [0.1, 0.15) is 0 Å². The summed E-state index contributed by atoms with van der Waals surface area (Å²) in [5, 5.41) is 11.6. The first kappa shape index (κ1) is 17.4. The highest BCUT2D eigenvalue weighted by Gasteiger charge is 2.17. The highest BCUT2D eigenvalue weighted by Crippen LogP contribution is 2.28. The number of aromatic nitrogens is 5. The molecular formula is C20H20N8O. The fraction of sp³-hybridized carbons (Fsp3) is 0.200. The number of ether oxygens (including phenoxy) is 1. The van der Waals surface area contributed by atoms with E-state index >= 15 is 0 Å². The third kappa shape index (κ3) is 3.55. The fourth-order valence-corrected chi connectivity index (χ4v) is 3.32. The number of aromatic amines is 1. The van der Waals surface area contributed by atoms with Gasteiger partial charge in [-0.15, -0.1) is 0 Å². The molecule has 0 saturated carbocycles. The van der Waals surface area contributed by atoms with Crippen LogP contribution < -0.4 is 16.0 Å². The molecule has 1 aliphatic heterocycles. The number of hydrogen-bond donors (Lipinski definition) is 3. The predicted molar refractivity (Wildman–Crippen MR) is 112 cm³/mol. The lowest BCUT2D eigenvalue weighted by atomic mass is 10.2. The molecule has 5 rings (SSSR count).